The molecule has 0 radical (unpaired) electrons. The van der Waals surface area contributed by atoms with Gasteiger partial charge in [0.2, 0.25) is 0 Å². The van der Waals surface area contributed by atoms with Gasteiger partial charge < -0.3 is 10.8 Å². The van der Waals surface area contributed by atoms with Crippen LogP contribution in [0.25, 0.3) is 0 Å². The second-order valence-electron chi connectivity index (χ2n) is 1.77. The van der Waals surface area contributed by atoms with Crippen molar-refractivity contribution in [2.75, 3.05) is 13.2 Å². The Labute approximate surface area is 50.0 Å². The molecule has 48 valence electrons. The van der Waals surface area contributed by atoms with Gasteiger partial charge in [-0.15, -0.1) is 0 Å². The third-order valence-corrected chi connectivity index (χ3v) is 0.978. The number of hydrogen-bond acceptors (Lipinski definition) is 2. The first-order valence-electron chi connectivity index (χ1n) is 2.77. The lowest BCUT2D eigenvalue weighted by Crippen LogP contribution is -1.98. The van der Waals surface area contributed by atoms with E-state index in [1.807, 2.05) is 6.92 Å². The van der Waals surface area contributed by atoms with Crippen molar-refractivity contribution in [3.05, 3.63) is 11.6 Å². The van der Waals surface area contributed by atoms with E-state index >= 15 is 0 Å². The summed E-state index contributed by atoms with van der Waals surface area (Å²) in [5.74, 6) is 0. The van der Waals surface area contributed by atoms with Crippen molar-refractivity contribution in [3.8, 4) is 0 Å². The maximum atomic E-state index is 8.35. The molecule has 8 heavy (non-hydrogen) atoms. The van der Waals surface area contributed by atoms with Crippen LogP contribution >= 0.6 is 0 Å². The van der Waals surface area contributed by atoms with Gasteiger partial charge in [0.15, 0.2) is 0 Å². The first kappa shape index (κ1) is 7.66. The Morgan fingerprint density at radius 2 is 2.38 bits per heavy atom. The monoisotopic (exact) mass is 115 g/mol. The average molecular weight is 115 g/mol. The Hall–Kier alpha value is -0.340. The lowest BCUT2D eigenvalue weighted by molar-refractivity contribution is 0.341. The highest BCUT2D eigenvalue weighted by Gasteiger charge is 1.82. The van der Waals surface area contributed by atoms with Crippen molar-refractivity contribution in [1.82, 2.24) is 0 Å². The lowest BCUT2D eigenvalue weighted by Gasteiger charge is -1.93. The van der Waals surface area contributed by atoms with E-state index in [0.717, 1.165) is 12.0 Å². The van der Waals surface area contributed by atoms with Gasteiger partial charge in [-0.05, 0) is 19.9 Å². The van der Waals surface area contributed by atoms with E-state index in [2.05, 4.69) is 0 Å². The van der Waals surface area contributed by atoms with Crippen LogP contribution in [0.2, 0.25) is 0 Å². The lowest BCUT2D eigenvalue weighted by atomic mass is 10.2. The summed E-state index contributed by atoms with van der Waals surface area (Å²) >= 11 is 0. The maximum absolute atomic E-state index is 8.35. The number of rotatable bonds is 3. The molecule has 0 amide bonds. The standard InChI is InChI=1S/C6H13NO/c1-6(2-4-7)3-5-8/h3,8H,2,4-5,7H2,1H3. The van der Waals surface area contributed by atoms with Crippen molar-refractivity contribution >= 4 is 0 Å². The molecule has 0 saturated heterocycles. The van der Waals surface area contributed by atoms with E-state index < -0.39 is 0 Å². The summed E-state index contributed by atoms with van der Waals surface area (Å²) in [5.41, 5.74) is 6.40. The molecule has 0 saturated carbocycles. The van der Waals surface area contributed by atoms with Crippen LogP contribution in [0.15, 0.2) is 11.6 Å². The molecule has 0 fully saturated rings. The zero-order chi connectivity index (χ0) is 6.41. The van der Waals surface area contributed by atoms with E-state index in [1.165, 1.54) is 0 Å². The van der Waals surface area contributed by atoms with E-state index in [0.29, 0.717) is 6.54 Å². The molecule has 0 aromatic heterocycles. The summed E-state index contributed by atoms with van der Waals surface area (Å²) in [6, 6.07) is 0. The summed E-state index contributed by atoms with van der Waals surface area (Å²) in [6.45, 7) is 2.76. The van der Waals surface area contributed by atoms with Gasteiger partial charge in [-0.1, -0.05) is 11.6 Å². The van der Waals surface area contributed by atoms with Crippen LogP contribution in [0.4, 0.5) is 0 Å². The van der Waals surface area contributed by atoms with E-state index in [9.17, 15) is 0 Å². The zero-order valence-electron chi connectivity index (χ0n) is 5.22. The van der Waals surface area contributed by atoms with Gasteiger partial charge in [-0.25, -0.2) is 0 Å². The largest absolute Gasteiger partial charge is 0.392 e. The minimum Gasteiger partial charge on any atom is -0.392 e. The molecule has 0 aliphatic carbocycles. The third-order valence-electron chi connectivity index (χ3n) is 0.978. The summed E-state index contributed by atoms with van der Waals surface area (Å²) in [5, 5.41) is 8.35. The molecule has 0 aliphatic rings. The predicted octanol–water partition coefficient (Wildman–Crippen LogP) is 0.274. The molecule has 3 N–H and O–H groups in total. The highest BCUT2D eigenvalue weighted by molar-refractivity contribution is 4.97. The third kappa shape index (κ3) is 3.84. The molecule has 0 aromatic carbocycles. The average Bonchev–Trinajstić information content (AvgIpc) is 1.68. The fourth-order valence-corrected chi connectivity index (χ4v) is 0.486. The first-order chi connectivity index (χ1) is 3.81. The zero-order valence-corrected chi connectivity index (χ0v) is 5.22. The fourth-order valence-electron chi connectivity index (χ4n) is 0.486. The van der Waals surface area contributed by atoms with Crippen LogP contribution in [-0.4, -0.2) is 18.3 Å². The van der Waals surface area contributed by atoms with Crippen LogP contribution in [0.5, 0.6) is 0 Å². The van der Waals surface area contributed by atoms with Gasteiger partial charge in [-0.3, -0.25) is 0 Å². The molecule has 2 heteroatoms. The number of nitrogens with two attached hydrogens (primary N) is 1. The molecule has 0 unspecified atom stereocenters. The van der Waals surface area contributed by atoms with Crippen molar-refractivity contribution < 1.29 is 5.11 Å². The second-order valence-corrected chi connectivity index (χ2v) is 1.77. The number of aliphatic hydroxyl groups excluding tert-OH is 1. The van der Waals surface area contributed by atoms with Gasteiger partial charge in [0, 0.05) is 0 Å². The molecule has 0 aliphatic heterocycles. The Morgan fingerprint density at radius 1 is 1.75 bits per heavy atom. The Balaban J connectivity index is 3.29. The topological polar surface area (TPSA) is 46.2 Å². The van der Waals surface area contributed by atoms with E-state index in [-0.39, 0.29) is 6.61 Å². The van der Waals surface area contributed by atoms with Crippen LogP contribution < -0.4 is 5.73 Å². The highest BCUT2D eigenvalue weighted by atomic mass is 16.2. The van der Waals surface area contributed by atoms with Crippen LogP contribution in [-0.2, 0) is 0 Å². The van der Waals surface area contributed by atoms with Gasteiger partial charge in [0.1, 0.15) is 0 Å². The quantitative estimate of drug-likeness (QED) is 0.519. The van der Waals surface area contributed by atoms with Crippen molar-refractivity contribution in [2.45, 2.75) is 13.3 Å². The van der Waals surface area contributed by atoms with Crippen molar-refractivity contribution in [3.63, 3.8) is 0 Å². The molecule has 2 nitrogen and oxygen atoms in total. The SMILES string of the molecule is CC(=CCO)CCN. The molecular formula is C6H13NO. The van der Waals surface area contributed by atoms with E-state index in [4.69, 9.17) is 10.8 Å². The van der Waals surface area contributed by atoms with Gasteiger partial charge in [-0.2, -0.15) is 0 Å². The molecule has 0 heterocycles. The highest BCUT2D eigenvalue weighted by Crippen LogP contribution is 1.94. The van der Waals surface area contributed by atoms with Crippen molar-refractivity contribution in [1.29, 1.82) is 0 Å². The molecule has 0 bridgehead atoms. The summed E-state index contributed by atoms with van der Waals surface area (Å²) in [4.78, 5) is 0. The Morgan fingerprint density at radius 3 is 2.75 bits per heavy atom. The first-order valence-corrected chi connectivity index (χ1v) is 2.77. The minimum atomic E-state index is 0.131. The molecule has 0 spiro atoms. The van der Waals surface area contributed by atoms with Gasteiger partial charge in [0.25, 0.3) is 0 Å². The maximum Gasteiger partial charge on any atom is 0.0614 e. The Bertz CT molecular complexity index is 78.6. The number of aliphatic hydroxyl groups is 1. The van der Waals surface area contributed by atoms with Crippen LogP contribution in [0.1, 0.15) is 13.3 Å². The summed E-state index contributed by atoms with van der Waals surface area (Å²) in [7, 11) is 0. The van der Waals surface area contributed by atoms with Gasteiger partial charge in [0.05, 0.1) is 6.61 Å². The predicted molar refractivity (Wildman–Crippen MR) is 34.5 cm³/mol. The Kier molecular flexibility index (Phi) is 4.61. The minimum absolute atomic E-state index is 0.131. The van der Waals surface area contributed by atoms with Crippen molar-refractivity contribution in [2.24, 2.45) is 5.73 Å². The van der Waals surface area contributed by atoms with Crippen LogP contribution in [0.3, 0.4) is 0 Å². The number of hydrogen-bond donors (Lipinski definition) is 2. The van der Waals surface area contributed by atoms with E-state index in [1.54, 1.807) is 6.08 Å². The summed E-state index contributed by atoms with van der Waals surface area (Å²) in [6.07, 6.45) is 2.66. The van der Waals surface area contributed by atoms with Gasteiger partial charge >= 0.3 is 0 Å². The molecular weight excluding hydrogens is 102 g/mol. The van der Waals surface area contributed by atoms with Crippen LogP contribution in [0, 0.1) is 0 Å². The molecule has 0 aromatic rings. The normalized spacial score (nSPS) is 12.1. The summed E-state index contributed by atoms with van der Waals surface area (Å²) < 4.78 is 0. The fraction of sp³-hybridized carbons (Fsp3) is 0.667. The smallest absolute Gasteiger partial charge is 0.0614 e. The molecule has 0 atom stereocenters. The molecule has 0 rings (SSSR count). The second kappa shape index (κ2) is 4.81.